The van der Waals surface area contributed by atoms with E-state index in [0.29, 0.717) is 12.1 Å². The van der Waals surface area contributed by atoms with E-state index in [-0.39, 0.29) is 11.7 Å². The number of hydrogen-bond donors (Lipinski definition) is 1. The minimum atomic E-state index is -0.189. The number of carbonyl (C=O) groups excluding carboxylic acids is 1. The second-order valence-electron chi connectivity index (χ2n) is 5.36. The van der Waals surface area contributed by atoms with E-state index in [9.17, 15) is 9.90 Å². The van der Waals surface area contributed by atoms with Gasteiger partial charge >= 0.3 is 0 Å². The number of nitrogens with zero attached hydrogens (tertiary/aromatic N) is 1. The molecule has 0 unspecified atom stereocenters. The molecule has 0 heterocycles. The zero-order valence-electron chi connectivity index (χ0n) is 12.4. The quantitative estimate of drug-likeness (QED) is 0.797. The number of rotatable bonds is 3. The molecule has 3 aromatic rings. The van der Waals surface area contributed by atoms with Crippen LogP contribution < -0.4 is 0 Å². The SMILES string of the molecule is CN(Cc1ccc2ccccc2c1)C(=O)c1ccccc1O. The van der Waals surface area contributed by atoms with Gasteiger partial charge < -0.3 is 10.0 Å². The van der Waals surface area contributed by atoms with Crippen LogP contribution in [0.15, 0.2) is 66.7 Å². The third-order valence-corrected chi connectivity index (χ3v) is 3.71. The van der Waals surface area contributed by atoms with Crippen molar-refractivity contribution in [2.24, 2.45) is 0 Å². The zero-order chi connectivity index (χ0) is 15.5. The molecular weight excluding hydrogens is 274 g/mol. The monoisotopic (exact) mass is 291 g/mol. The van der Waals surface area contributed by atoms with Crippen LogP contribution in [0.25, 0.3) is 10.8 Å². The molecule has 0 aliphatic heterocycles. The van der Waals surface area contributed by atoms with E-state index in [4.69, 9.17) is 0 Å². The fourth-order valence-electron chi connectivity index (χ4n) is 2.54. The standard InChI is InChI=1S/C19H17NO2/c1-20(19(22)17-8-4-5-9-18(17)21)13-14-10-11-15-6-2-3-7-16(15)12-14/h2-12,21H,13H2,1H3. The van der Waals surface area contributed by atoms with Gasteiger partial charge in [0, 0.05) is 13.6 Å². The van der Waals surface area contributed by atoms with Crippen LogP contribution in [-0.4, -0.2) is 23.0 Å². The highest BCUT2D eigenvalue weighted by Gasteiger charge is 2.15. The van der Waals surface area contributed by atoms with E-state index in [1.165, 1.54) is 11.5 Å². The Morgan fingerprint density at radius 1 is 0.955 bits per heavy atom. The van der Waals surface area contributed by atoms with Crippen LogP contribution >= 0.6 is 0 Å². The van der Waals surface area contributed by atoms with Crippen LogP contribution in [0.1, 0.15) is 15.9 Å². The number of carbonyl (C=O) groups is 1. The van der Waals surface area contributed by atoms with Crippen molar-refractivity contribution in [1.29, 1.82) is 0 Å². The molecule has 3 rings (SSSR count). The number of aromatic hydroxyl groups is 1. The van der Waals surface area contributed by atoms with Gasteiger partial charge in [-0.15, -0.1) is 0 Å². The Morgan fingerprint density at radius 2 is 1.64 bits per heavy atom. The maximum atomic E-state index is 12.4. The number of phenolic OH excluding ortho intramolecular Hbond substituents is 1. The molecule has 0 atom stereocenters. The van der Waals surface area contributed by atoms with Crippen LogP contribution in [0.5, 0.6) is 5.75 Å². The molecule has 0 spiro atoms. The van der Waals surface area contributed by atoms with Crippen LogP contribution in [0.4, 0.5) is 0 Å². The Kier molecular flexibility index (Phi) is 3.79. The predicted octanol–water partition coefficient (Wildman–Crippen LogP) is 3.82. The van der Waals surface area contributed by atoms with Crippen LogP contribution in [0, 0.1) is 0 Å². The Hall–Kier alpha value is -2.81. The van der Waals surface area contributed by atoms with Gasteiger partial charge in [-0.05, 0) is 34.5 Å². The molecule has 0 saturated carbocycles. The normalized spacial score (nSPS) is 10.6. The first-order valence-corrected chi connectivity index (χ1v) is 7.16. The lowest BCUT2D eigenvalue weighted by atomic mass is 10.1. The lowest BCUT2D eigenvalue weighted by molar-refractivity contribution is 0.0782. The van der Waals surface area contributed by atoms with Crippen molar-refractivity contribution in [3.8, 4) is 5.75 Å². The molecule has 0 fully saturated rings. The van der Waals surface area contributed by atoms with Crippen molar-refractivity contribution in [3.63, 3.8) is 0 Å². The summed E-state index contributed by atoms with van der Waals surface area (Å²) in [6, 6.07) is 20.9. The van der Waals surface area contributed by atoms with Gasteiger partial charge in [-0.1, -0.05) is 48.5 Å². The smallest absolute Gasteiger partial charge is 0.257 e. The van der Waals surface area contributed by atoms with Gasteiger partial charge in [0.15, 0.2) is 0 Å². The van der Waals surface area contributed by atoms with Crippen molar-refractivity contribution in [2.75, 3.05) is 7.05 Å². The molecule has 3 aromatic carbocycles. The molecule has 0 aliphatic carbocycles. The number of phenols is 1. The lowest BCUT2D eigenvalue weighted by Crippen LogP contribution is -2.26. The van der Waals surface area contributed by atoms with Crippen molar-refractivity contribution >= 4 is 16.7 Å². The van der Waals surface area contributed by atoms with Gasteiger partial charge in [-0.2, -0.15) is 0 Å². The third kappa shape index (κ3) is 2.79. The number of benzene rings is 3. The summed E-state index contributed by atoms with van der Waals surface area (Å²) in [5.74, 6) is -0.177. The van der Waals surface area contributed by atoms with Gasteiger partial charge in [-0.3, -0.25) is 4.79 Å². The maximum absolute atomic E-state index is 12.4. The average molecular weight is 291 g/mol. The summed E-state index contributed by atoms with van der Waals surface area (Å²) in [4.78, 5) is 14.0. The topological polar surface area (TPSA) is 40.5 Å². The number of hydrogen-bond acceptors (Lipinski definition) is 2. The summed E-state index contributed by atoms with van der Waals surface area (Å²) in [5, 5.41) is 12.1. The minimum absolute atomic E-state index is 0.0119. The highest BCUT2D eigenvalue weighted by Crippen LogP contribution is 2.20. The van der Waals surface area contributed by atoms with Crippen LogP contribution in [0.2, 0.25) is 0 Å². The minimum Gasteiger partial charge on any atom is -0.507 e. The molecule has 1 amide bonds. The Morgan fingerprint density at radius 3 is 2.41 bits per heavy atom. The average Bonchev–Trinajstić information content (AvgIpc) is 2.54. The molecule has 0 saturated heterocycles. The molecule has 0 aromatic heterocycles. The first kappa shape index (κ1) is 14.1. The Balaban J connectivity index is 1.82. The number of amides is 1. The number of para-hydroxylation sites is 1. The van der Waals surface area contributed by atoms with E-state index < -0.39 is 0 Å². The summed E-state index contributed by atoms with van der Waals surface area (Å²) in [6.07, 6.45) is 0. The van der Waals surface area contributed by atoms with E-state index in [0.717, 1.165) is 10.9 Å². The largest absolute Gasteiger partial charge is 0.507 e. The van der Waals surface area contributed by atoms with Crippen molar-refractivity contribution < 1.29 is 9.90 Å². The fraction of sp³-hybridized carbons (Fsp3) is 0.105. The lowest BCUT2D eigenvalue weighted by Gasteiger charge is -2.18. The maximum Gasteiger partial charge on any atom is 0.257 e. The molecule has 3 heteroatoms. The van der Waals surface area contributed by atoms with Crippen molar-refractivity contribution in [2.45, 2.75) is 6.54 Å². The molecule has 3 nitrogen and oxygen atoms in total. The van der Waals surface area contributed by atoms with E-state index in [1.54, 1.807) is 30.1 Å². The van der Waals surface area contributed by atoms with Gasteiger partial charge in [-0.25, -0.2) is 0 Å². The molecule has 0 aliphatic rings. The van der Waals surface area contributed by atoms with Crippen LogP contribution in [-0.2, 0) is 6.54 Å². The van der Waals surface area contributed by atoms with Crippen molar-refractivity contribution in [3.05, 3.63) is 77.9 Å². The van der Waals surface area contributed by atoms with Gasteiger partial charge in [0.2, 0.25) is 0 Å². The van der Waals surface area contributed by atoms with Crippen molar-refractivity contribution in [1.82, 2.24) is 4.90 Å². The second kappa shape index (κ2) is 5.90. The fourth-order valence-corrected chi connectivity index (χ4v) is 2.54. The molecule has 110 valence electrons. The highest BCUT2D eigenvalue weighted by molar-refractivity contribution is 5.96. The molecular formula is C19H17NO2. The highest BCUT2D eigenvalue weighted by atomic mass is 16.3. The summed E-state index contributed by atoms with van der Waals surface area (Å²) >= 11 is 0. The summed E-state index contributed by atoms with van der Waals surface area (Å²) < 4.78 is 0. The predicted molar refractivity (Wildman–Crippen MR) is 87.9 cm³/mol. The molecule has 22 heavy (non-hydrogen) atoms. The summed E-state index contributed by atoms with van der Waals surface area (Å²) in [5.41, 5.74) is 1.38. The van der Waals surface area contributed by atoms with E-state index >= 15 is 0 Å². The summed E-state index contributed by atoms with van der Waals surface area (Å²) in [7, 11) is 1.74. The Labute approximate surface area is 129 Å². The summed E-state index contributed by atoms with van der Waals surface area (Å²) in [6.45, 7) is 0.498. The van der Waals surface area contributed by atoms with Gasteiger partial charge in [0.25, 0.3) is 5.91 Å². The van der Waals surface area contributed by atoms with Gasteiger partial charge in [0.05, 0.1) is 5.56 Å². The molecule has 0 radical (unpaired) electrons. The van der Waals surface area contributed by atoms with E-state index in [1.807, 2.05) is 18.2 Å². The zero-order valence-corrected chi connectivity index (χ0v) is 12.4. The number of fused-ring (bicyclic) bond motifs is 1. The van der Waals surface area contributed by atoms with E-state index in [2.05, 4.69) is 24.3 Å². The first-order valence-electron chi connectivity index (χ1n) is 7.16. The first-order chi connectivity index (χ1) is 10.6. The Bertz CT molecular complexity index is 826. The van der Waals surface area contributed by atoms with Crippen LogP contribution in [0.3, 0.4) is 0 Å². The molecule has 1 N–H and O–H groups in total. The third-order valence-electron chi connectivity index (χ3n) is 3.71. The van der Waals surface area contributed by atoms with Gasteiger partial charge in [0.1, 0.15) is 5.75 Å². The molecule has 0 bridgehead atoms. The second-order valence-corrected chi connectivity index (χ2v) is 5.36.